The SMILES string of the molecule is CS(=O)CCCn1c(=O)[nH]c2cc(C(=O)O)ccc21. The first-order valence-electron chi connectivity index (χ1n) is 5.75. The first-order chi connectivity index (χ1) is 8.99. The minimum atomic E-state index is -1.03. The number of aryl methyl sites for hydroxylation is 1. The predicted octanol–water partition coefficient (Wildman–Crippen LogP) is 0.796. The summed E-state index contributed by atoms with van der Waals surface area (Å²) in [4.78, 5) is 25.3. The molecule has 1 aromatic carbocycles. The Kier molecular flexibility index (Phi) is 3.84. The Labute approximate surface area is 111 Å². The van der Waals surface area contributed by atoms with Crippen molar-refractivity contribution >= 4 is 27.8 Å². The summed E-state index contributed by atoms with van der Waals surface area (Å²) in [6, 6.07) is 4.51. The molecule has 7 heteroatoms. The van der Waals surface area contributed by atoms with E-state index >= 15 is 0 Å². The van der Waals surface area contributed by atoms with Crippen molar-refractivity contribution in [2.45, 2.75) is 13.0 Å². The van der Waals surface area contributed by atoms with Crippen molar-refractivity contribution in [3.05, 3.63) is 34.2 Å². The maximum atomic E-state index is 11.8. The lowest BCUT2D eigenvalue weighted by Gasteiger charge is -2.02. The number of benzene rings is 1. The van der Waals surface area contributed by atoms with Gasteiger partial charge in [-0.25, -0.2) is 9.59 Å². The van der Waals surface area contributed by atoms with Crippen molar-refractivity contribution in [2.24, 2.45) is 0 Å². The molecule has 2 aromatic rings. The second-order valence-corrected chi connectivity index (χ2v) is 5.80. The molecule has 0 amide bonds. The number of H-pyrrole nitrogens is 1. The van der Waals surface area contributed by atoms with Gasteiger partial charge in [0.05, 0.1) is 16.6 Å². The maximum absolute atomic E-state index is 11.8. The number of aromatic amines is 1. The normalized spacial score (nSPS) is 12.7. The second kappa shape index (κ2) is 5.40. The molecule has 1 aromatic heterocycles. The fourth-order valence-electron chi connectivity index (χ4n) is 1.94. The zero-order valence-corrected chi connectivity index (χ0v) is 11.2. The lowest BCUT2D eigenvalue weighted by atomic mass is 10.2. The molecule has 2 rings (SSSR count). The largest absolute Gasteiger partial charge is 0.478 e. The van der Waals surface area contributed by atoms with Crippen LogP contribution >= 0.6 is 0 Å². The Hall–Kier alpha value is -1.89. The van der Waals surface area contributed by atoms with Crippen molar-refractivity contribution in [1.29, 1.82) is 0 Å². The van der Waals surface area contributed by atoms with E-state index < -0.39 is 16.8 Å². The van der Waals surface area contributed by atoms with Crippen LogP contribution in [-0.4, -0.2) is 36.8 Å². The first kappa shape index (κ1) is 13.5. The molecule has 0 aliphatic carbocycles. The molecular weight excluding hydrogens is 268 g/mol. The lowest BCUT2D eigenvalue weighted by Crippen LogP contribution is -2.17. The minimum absolute atomic E-state index is 0.135. The monoisotopic (exact) mass is 282 g/mol. The Morgan fingerprint density at radius 3 is 2.84 bits per heavy atom. The molecule has 1 unspecified atom stereocenters. The van der Waals surface area contributed by atoms with Crippen LogP contribution in [0.3, 0.4) is 0 Å². The fraction of sp³-hybridized carbons (Fsp3) is 0.333. The van der Waals surface area contributed by atoms with Crippen molar-refractivity contribution in [1.82, 2.24) is 9.55 Å². The third kappa shape index (κ3) is 2.93. The number of rotatable bonds is 5. The van der Waals surface area contributed by atoms with Crippen LogP contribution in [0.5, 0.6) is 0 Å². The molecule has 102 valence electrons. The zero-order chi connectivity index (χ0) is 14.0. The summed E-state index contributed by atoms with van der Waals surface area (Å²) in [7, 11) is -0.881. The van der Waals surface area contributed by atoms with Gasteiger partial charge in [-0.1, -0.05) is 0 Å². The standard InChI is InChI=1S/C12H14N2O4S/c1-19(18)6-2-5-14-10-4-3-8(11(15)16)7-9(10)13-12(14)17/h3-4,7H,2,5-6H2,1H3,(H,13,17)(H,15,16). The topological polar surface area (TPSA) is 92.2 Å². The Bertz CT molecular complexity index is 701. The molecule has 0 bridgehead atoms. The molecule has 0 radical (unpaired) electrons. The highest BCUT2D eigenvalue weighted by atomic mass is 32.2. The number of aromatic nitrogens is 2. The number of nitrogens with zero attached hydrogens (tertiary/aromatic N) is 1. The van der Waals surface area contributed by atoms with E-state index in [0.29, 0.717) is 29.8 Å². The van der Waals surface area contributed by atoms with Crippen LogP contribution in [0.15, 0.2) is 23.0 Å². The number of aromatic carboxylic acids is 1. The summed E-state index contributed by atoms with van der Waals surface area (Å²) in [5, 5.41) is 8.89. The molecule has 2 N–H and O–H groups in total. The van der Waals surface area contributed by atoms with E-state index in [-0.39, 0.29) is 11.3 Å². The molecule has 0 fully saturated rings. The number of hydrogen-bond acceptors (Lipinski definition) is 3. The highest BCUT2D eigenvalue weighted by molar-refractivity contribution is 7.84. The summed E-state index contributed by atoms with van der Waals surface area (Å²) < 4.78 is 12.5. The van der Waals surface area contributed by atoms with Gasteiger partial charge in [0, 0.05) is 29.4 Å². The molecule has 0 aliphatic heterocycles. The Morgan fingerprint density at radius 1 is 1.47 bits per heavy atom. The van der Waals surface area contributed by atoms with E-state index in [4.69, 9.17) is 5.11 Å². The van der Waals surface area contributed by atoms with E-state index in [9.17, 15) is 13.8 Å². The molecule has 6 nitrogen and oxygen atoms in total. The molecule has 19 heavy (non-hydrogen) atoms. The predicted molar refractivity (Wildman–Crippen MR) is 73.1 cm³/mol. The number of fused-ring (bicyclic) bond motifs is 1. The zero-order valence-electron chi connectivity index (χ0n) is 10.4. The van der Waals surface area contributed by atoms with Gasteiger partial charge in [0.1, 0.15) is 0 Å². The third-order valence-electron chi connectivity index (χ3n) is 2.83. The van der Waals surface area contributed by atoms with Crippen molar-refractivity contribution in [3.63, 3.8) is 0 Å². The molecule has 0 saturated carbocycles. The number of hydrogen-bond donors (Lipinski definition) is 2. The van der Waals surface area contributed by atoms with Crippen molar-refractivity contribution in [2.75, 3.05) is 12.0 Å². The summed E-state index contributed by atoms with van der Waals surface area (Å²) in [5.74, 6) is -0.497. The highest BCUT2D eigenvalue weighted by Gasteiger charge is 2.10. The summed E-state index contributed by atoms with van der Waals surface area (Å²) in [5.41, 5.74) is 1.02. The van der Waals surface area contributed by atoms with E-state index in [1.165, 1.54) is 16.7 Å². The van der Waals surface area contributed by atoms with E-state index in [1.807, 2.05) is 0 Å². The summed E-state index contributed by atoms with van der Waals surface area (Å²) in [6.45, 7) is 0.463. The molecule has 0 spiro atoms. The van der Waals surface area contributed by atoms with Gasteiger partial charge < -0.3 is 10.1 Å². The second-order valence-electron chi connectivity index (χ2n) is 4.25. The van der Waals surface area contributed by atoms with Crippen LogP contribution in [0, 0.1) is 0 Å². The van der Waals surface area contributed by atoms with Crippen molar-refractivity contribution < 1.29 is 14.1 Å². The van der Waals surface area contributed by atoms with Gasteiger partial charge in [-0.05, 0) is 24.6 Å². The van der Waals surface area contributed by atoms with Crippen LogP contribution in [0.25, 0.3) is 11.0 Å². The fourth-order valence-corrected chi connectivity index (χ4v) is 2.48. The number of carboxylic acid groups (broad SMARTS) is 1. The number of imidazole rings is 1. The van der Waals surface area contributed by atoms with Gasteiger partial charge in [0.25, 0.3) is 0 Å². The lowest BCUT2D eigenvalue weighted by molar-refractivity contribution is 0.0697. The van der Waals surface area contributed by atoms with Gasteiger partial charge in [0.15, 0.2) is 0 Å². The Balaban J connectivity index is 2.34. The number of carboxylic acids is 1. The van der Waals surface area contributed by atoms with Crippen molar-refractivity contribution in [3.8, 4) is 0 Å². The minimum Gasteiger partial charge on any atom is -0.478 e. The molecule has 1 heterocycles. The van der Waals surface area contributed by atoms with Crippen LogP contribution in [0.1, 0.15) is 16.8 Å². The Morgan fingerprint density at radius 2 is 2.21 bits per heavy atom. The average Bonchev–Trinajstić information content (AvgIpc) is 2.64. The van der Waals surface area contributed by atoms with Gasteiger partial charge in [-0.3, -0.25) is 8.78 Å². The maximum Gasteiger partial charge on any atom is 0.335 e. The first-order valence-corrected chi connectivity index (χ1v) is 7.47. The molecule has 0 saturated heterocycles. The highest BCUT2D eigenvalue weighted by Crippen LogP contribution is 2.13. The summed E-state index contributed by atoms with van der Waals surface area (Å²) >= 11 is 0. The molecular formula is C12H14N2O4S. The quantitative estimate of drug-likeness (QED) is 0.848. The van der Waals surface area contributed by atoms with E-state index in [1.54, 1.807) is 12.3 Å². The molecule has 0 aliphatic rings. The van der Waals surface area contributed by atoms with Gasteiger partial charge >= 0.3 is 11.7 Å². The van der Waals surface area contributed by atoms with Crippen LogP contribution in [0.2, 0.25) is 0 Å². The third-order valence-corrected chi connectivity index (χ3v) is 3.70. The number of carbonyl (C=O) groups is 1. The van der Waals surface area contributed by atoms with Gasteiger partial charge in [-0.2, -0.15) is 0 Å². The van der Waals surface area contributed by atoms with Crippen LogP contribution < -0.4 is 5.69 Å². The van der Waals surface area contributed by atoms with E-state index in [0.717, 1.165) is 0 Å². The smallest absolute Gasteiger partial charge is 0.335 e. The van der Waals surface area contributed by atoms with E-state index in [2.05, 4.69) is 4.98 Å². The van der Waals surface area contributed by atoms with Gasteiger partial charge in [0.2, 0.25) is 0 Å². The van der Waals surface area contributed by atoms with Crippen LogP contribution in [-0.2, 0) is 17.3 Å². The van der Waals surface area contributed by atoms with Gasteiger partial charge in [-0.15, -0.1) is 0 Å². The summed E-state index contributed by atoms with van der Waals surface area (Å²) in [6.07, 6.45) is 2.26. The average molecular weight is 282 g/mol. The molecule has 1 atom stereocenters. The van der Waals surface area contributed by atoms with Crippen LogP contribution in [0.4, 0.5) is 0 Å². The number of nitrogens with one attached hydrogen (secondary N) is 1.